The maximum Gasteiger partial charge on any atom is 0.251 e. The largest absolute Gasteiger partial charge is 0.366 e. The van der Waals surface area contributed by atoms with Crippen LogP contribution < -0.4 is 16.8 Å². The lowest BCUT2D eigenvalue weighted by molar-refractivity contribution is -0.118. The maximum atomic E-state index is 13.4. The Kier molecular flexibility index (Phi) is 2.78. The third kappa shape index (κ3) is 2.17. The molecule has 0 saturated heterocycles. The Morgan fingerprint density at radius 2 is 1.83 bits per heavy atom. The van der Waals surface area contributed by atoms with Gasteiger partial charge in [-0.25, -0.2) is 8.78 Å². The molecular formula is C11H11F2N3O2. The Morgan fingerprint density at radius 3 is 2.33 bits per heavy atom. The Hall–Kier alpha value is -2.02. The molecule has 0 radical (unpaired) electrons. The summed E-state index contributed by atoms with van der Waals surface area (Å²) in [7, 11) is 0. The van der Waals surface area contributed by atoms with E-state index in [9.17, 15) is 18.4 Å². The maximum absolute atomic E-state index is 13.4. The van der Waals surface area contributed by atoms with Crippen LogP contribution in [0.15, 0.2) is 12.1 Å². The van der Waals surface area contributed by atoms with Gasteiger partial charge in [-0.05, 0) is 18.9 Å². The van der Waals surface area contributed by atoms with Gasteiger partial charge in [0.2, 0.25) is 5.91 Å². The van der Waals surface area contributed by atoms with Gasteiger partial charge in [0.05, 0.1) is 16.8 Å². The van der Waals surface area contributed by atoms with E-state index in [1.165, 1.54) is 0 Å². The van der Waals surface area contributed by atoms with E-state index in [1.54, 1.807) is 0 Å². The van der Waals surface area contributed by atoms with Gasteiger partial charge in [-0.2, -0.15) is 0 Å². The van der Waals surface area contributed by atoms with Crippen LogP contribution in [0.25, 0.3) is 0 Å². The van der Waals surface area contributed by atoms with Gasteiger partial charge in [-0.1, -0.05) is 0 Å². The molecule has 2 amide bonds. The summed E-state index contributed by atoms with van der Waals surface area (Å²) in [5, 5.41) is 2.22. The summed E-state index contributed by atoms with van der Waals surface area (Å²) < 4.78 is 26.6. The summed E-state index contributed by atoms with van der Waals surface area (Å²) in [6.45, 7) is 0. The minimum Gasteiger partial charge on any atom is -0.366 e. The predicted octanol–water partition coefficient (Wildman–Crippen LogP) is 0.493. The molecule has 5 N–H and O–H groups in total. The summed E-state index contributed by atoms with van der Waals surface area (Å²) in [6, 6.07) is 1.35. The molecule has 5 nitrogen and oxygen atoms in total. The highest BCUT2D eigenvalue weighted by Crippen LogP contribution is 2.33. The van der Waals surface area contributed by atoms with Crippen molar-refractivity contribution in [2.24, 2.45) is 11.5 Å². The molecule has 0 unspecified atom stereocenters. The molecular weight excluding hydrogens is 244 g/mol. The van der Waals surface area contributed by atoms with Crippen molar-refractivity contribution in [1.82, 2.24) is 0 Å². The first-order valence-electron chi connectivity index (χ1n) is 5.23. The van der Waals surface area contributed by atoms with E-state index in [0.717, 1.165) is 6.07 Å². The van der Waals surface area contributed by atoms with Crippen LogP contribution in [0.1, 0.15) is 23.2 Å². The lowest BCUT2D eigenvalue weighted by atomic mass is 10.1. The number of hydrogen-bond donors (Lipinski definition) is 3. The van der Waals surface area contributed by atoms with Crippen molar-refractivity contribution in [1.29, 1.82) is 0 Å². The van der Waals surface area contributed by atoms with Crippen LogP contribution >= 0.6 is 0 Å². The zero-order valence-corrected chi connectivity index (χ0v) is 9.30. The van der Waals surface area contributed by atoms with Crippen LogP contribution in [0.5, 0.6) is 0 Å². The van der Waals surface area contributed by atoms with Gasteiger partial charge in [0.1, 0.15) is 11.6 Å². The first-order valence-corrected chi connectivity index (χ1v) is 5.23. The quantitative estimate of drug-likeness (QED) is 0.733. The number of nitrogens with one attached hydrogen (secondary N) is 1. The second kappa shape index (κ2) is 4.02. The van der Waals surface area contributed by atoms with Gasteiger partial charge in [-0.3, -0.25) is 9.59 Å². The van der Waals surface area contributed by atoms with E-state index >= 15 is 0 Å². The van der Waals surface area contributed by atoms with Crippen LogP contribution in [0.4, 0.5) is 14.5 Å². The van der Waals surface area contributed by atoms with Crippen molar-refractivity contribution >= 4 is 17.5 Å². The van der Waals surface area contributed by atoms with Crippen LogP contribution in [0, 0.1) is 11.6 Å². The van der Waals surface area contributed by atoms with Gasteiger partial charge >= 0.3 is 0 Å². The van der Waals surface area contributed by atoms with E-state index in [1.807, 2.05) is 0 Å². The second-order valence-corrected chi connectivity index (χ2v) is 4.29. The molecule has 0 aromatic heterocycles. The fourth-order valence-electron chi connectivity index (χ4n) is 1.44. The summed E-state index contributed by atoms with van der Waals surface area (Å²) in [6.07, 6.45) is 1.01. The number of carbonyl (C=O) groups is 2. The number of halogens is 2. The van der Waals surface area contributed by atoms with E-state index in [2.05, 4.69) is 5.32 Å². The number of amides is 2. The molecule has 2 rings (SSSR count). The minimum atomic E-state index is -1.08. The molecule has 0 atom stereocenters. The summed E-state index contributed by atoms with van der Waals surface area (Å²) in [5.41, 5.74) is 8.74. The molecule has 0 bridgehead atoms. The van der Waals surface area contributed by atoms with Crippen LogP contribution in [0.3, 0.4) is 0 Å². The molecule has 18 heavy (non-hydrogen) atoms. The fraction of sp³-hybridized carbons (Fsp3) is 0.273. The molecule has 0 spiro atoms. The van der Waals surface area contributed by atoms with Gasteiger partial charge in [-0.15, -0.1) is 0 Å². The highest BCUT2D eigenvalue weighted by molar-refractivity contribution is 6.01. The highest BCUT2D eigenvalue weighted by atomic mass is 19.1. The molecule has 0 heterocycles. The molecule has 1 aliphatic rings. The van der Waals surface area contributed by atoms with Gasteiger partial charge in [0.15, 0.2) is 0 Å². The minimum absolute atomic E-state index is 0.313. The number of primary amides is 1. The van der Waals surface area contributed by atoms with Crippen LogP contribution in [-0.4, -0.2) is 17.4 Å². The average Bonchev–Trinajstić information content (AvgIpc) is 3.01. The van der Waals surface area contributed by atoms with Gasteiger partial charge in [0, 0.05) is 6.07 Å². The molecule has 1 aliphatic carbocycles. The molecule has 96 valence electrons. The first kappa shape index (κ1) is 12.4. The fourth-order valence-corrected chi connectivity index (χ4v) is 1.44. The van der Waals surface area contributed by atoms with Gasteiger partial charge in [0.25, 0.3) is 5.91 Å². The Bertz CT molecular complexity index is 541. The molecule has 7 heteroatoms. The summed E-state index contributed by atoms with van der Waals surface area (Å²) >= 11 is 0. The van der Waals surface area contributed by atoms with Crippen molar-refractivity contribution in [2.75, 3.05) is 5.32 Å². The van der Waals surface area contributed by atoms with E-state index in [4.69, 9.17) is 11.5 Å². The number of carbonyl (C=O) groups excluding carboxylic acids is 2. The number of hydrogen-bond acceptors (Lipinski definition) is 3. The highest BCUT2D eigenvalue weighted by Gasteiger charge is 2.46. The average molecular weight is 255 g/mol. The molecule has 1 fully saturated rings. The second-order valence-electron chi connectivity index (χ2n) is 4.29. The number of nitrogens with two attached hydrogens (primary N) is 2. The lowest BCUT2D eigenvalue weighted by Crippen LogP contribution is -2.38. The van der Waals surface area contributed by atoms with Gasteiger partial charge < -0.3 is 16.8 Å². The van der Waals surface area contributed by atoms with E-state index in [0.29, 0.717) is 18.9 Å². The zero-order valence-electron chi connectivity index (χ0n) is 9.30. The van der Waals surface area contributed by atoms with Crippen molar-refractivity contribution < 1.29 is 18.4 Å². The molecule has 1 aromatic rings. The third-order valence-corrected chi connectivity index (χ3v) is 2.81. The van der Waals surface area contributed by atoms with E-state index in [-0.39, 0.29) is 5.69 Å². The standard InChI is InChI=1S/C11H11F2N3O2/c12-6-4-7(13)8(3-5(6)9(14)17)16-10(18)11(15)1-2-11/h3-4H,1-2,15H2,(H2,14,17)(H,16,18). The number of benzene rings is 1. The first-order chi connectivity index (χ1) is 8.33. The van der Waals surface area contributed by atoms with Crippen LogP contribution in [0.2, 0.25) is 0 Å². The Labute approximate surface area is 101 Å². The zero-order chi connectivity index (χ0) is 13.5. The van der Waals surface area contributed by atoms with Crippen molar-refractivity contribution in [3.8, 4) is 0 Å². The number of anilines is 1. The molecule has 0 aliphatic heterocycles. The molecule has 1 aromatic carbocycles. The predicted molar refractivity (Wildman–Crippen MR) is 59.7 cm³/mol. The summed E-state index contributed by atoms with van der Waals surface area (Å²) in [4.78, 5) is 22.5. The van der Waals surface area contributed by atoms with Crippen molar-refractivity contribution in [3.05, 3.63) is 29.3 Å². The van der Waals surface area contributed by atoms with Crippen LogP contribution in [-0.2, 0) is 4.79 Å². The van der Waals surface area contributed by atoms with Crippen molar-refractivity contribution in [3.63, 3.8) is 0 Å². The third-order valence-electron chi connectivity index (χ3n) is 2.81. The SMILES string of the molecule is NC(=O)c1cc(NC(=O)C2(N)CC2)c(F)cc1F. The monoisotopic (exact) mass is 255 g/mol. The summed E-state index contributed by atoms with van der Waals surface area (Å²) in [5.74, 6) is -3.68. The van der Waals surface area contributed by atoms with Crippen molar-refractivity contribution in [2.45, 2.75) is 18.4 Å². The smallest absolute Gasteiger partial charge is 0.251 e. The number of rotatable bonds is 3. The Balaban J connectivity index is 2.30. The Morgan fingerprint density at radius 1 is 1.22 bits per heavy atom. The normalized spacial score (nSPS) is 16.2. The molecule has 1 saturated carbocycles. The topological polar surface area (TPSA) is 98.2 Å². The lowest BCUT2D eigenvalue weighted by Gasteiger charge is -2.11. The van der Waals surface area contributed by atoms with E-state index < -0.39 is 34.6 Å².